The number of hydrogen-bond donors (Lipinski definition) is 1. The first-order valence-electron chi connectivity index (χ1n) is 3.98. The van der Waals surface area contributed by atoms with Gasteiger partial charge in [0.05, 0.1) is 16.1 Å². The van der Waals surface area contributed by atoms with Gasteiger partial charge in [-0.3, -0.25) is 0 Å². The highest BCUT2D eigenvalue weighted by molar-refractivity contribution is 14.1. The summed E-state index contributed by atoms with van der Waals surface area (Å²) in [5.41, 5.74) is 0.943. The highest BCUT2D eigenvalue weighted by atomic mass is 127. The molecule has 1 aromatic carbocycles. The summed E-state index contributed by atoms with van der Waals surface area (Å²) in [5.74, 6) is 0.266. The first kappa shape index (κ1) is 9.74. The van der Waals surface area contributed by atoms with E-state index in [-0.39, 0.29) is 5.75 Å². The van der Waals surface area contributed by atoms with Gasteiger partial charge in [0.25, 0.3) is 0 Å². The molecule has 0 saturated carbocycles. The van der Waals surface area contributed by atoms with Crippen LogP contribution in [0.3, 0.4) is 0 Å². The van der Waals surface area contributed by atoms with E-state index in [0.29, 0.717) is 6.42 Å². The first-order chi connectivity index (χ1) is 6.74. The van der Waals surface area contributed by atoms with Gasteiger partial charge in [0.15, 0.2) is 0 Å². The maximum Gasteiger partial charge on any atom is 0.129 e. The van der Waals surface area contributed by atoms with Gasteiger partial charge in [-0.2, -0.15) is 5.26 Å². The summed E-state index contributed by atoms with van der Waals surface area (Å²) in [6.07, 6.45) is 0.351. The summed E-state index contributed by atoms with van der Waals surface area (Å²) >= 11 is 3.69. The number of rotatable bonds is 1. The van der Waals surface area contributed by atoms with Crippen LogP contribution in [-0.2, 0) is 6.42 Å². The summed E-state index contributed by atoms with van der Waals surface area (Å²) in [7, 11) is 0. The molecule has 0 atom stereocenters. The van der Waals surface area contributed by atoms with E-state index in [1.807, 2.05) is 11.4 Å². The van der Waals surface area contributed by atoms with Gasteiger partial charge in [-0.05, 0) is 45.5 Å². The zero-order chi connectivity index (χ0) is 10.1. The van der Waals surface area contributed by atoms with Gasteiger partial charge in [-0.25, -0.2) is 0 Å². The molecule has 1 aromatic heterocycles. The van der Waals surface area contributed by atoms with Crippen molar-refractivity contribution in [2.75, 3.05) is 0 Å². The van der Waals surface area contributed by atoms with Crippen molar-refractivity contribution in [3.63, 3.8) is 0 Å². The number of thiophene rings is 1. The summed E-state index contributed by atoms with van der Waals surface area (Å²) in [5, 5.41) is 21.3. The average Bonchev–Trinajstić information content (AvgIpc) is 2.60. The molecule has 0 fully saturated rings. The SMILES string of the molecule is N#CCc1c(I)c(O)cc2ccsc12. The number of fused-ring (bicyclic) bond motifs is 1. The highest BCUT2D eigenvalue weighted by Crippen LogP contribution is 2.34. The summed E-state index contributed by atoms with van der Waals surface area (Å²) < 4.78 is 1.90. The quantitative estimate of drug-likeness (QED) is 0.821. The largest absolute Gasteiger partial charge is 0.507 e. The molecule has 1 heterocycles. The van der Waals surface area contributed by atoms with Crippen molar-refractivity contribution >= 4 is 44.0 Å². The third kappa shape index (κ3) is 1.47. The van der Waals surface area contributed by atoms with Crippen LogP contribution in [0.2, 0.25) is 0 Å². The molecule has 2 aromatic rings. The molecule has 70 valence electrons. The number of phenols is 1. The second-order valence-electron chi connectivity index (χ2n) is 2.86. The Kier molecular flexibility index (Phi) is 2.61. The van der Waals surface area contributed by atoms with Gasteiger partial charge >= 0.3 is 0 Å². The Morgan fingerprint density at radius 1 is 1.57 bits per heavy atom. The van der Waals surface area contributed by atoms with Crippen LogP contribution >= 0.6 is 33.9 Å². The van der Waals surface area contributed by atoms with Crippen molar-refractivity contribution < 1.29 is 5.11 Å². The van der Waals surface area contributed by atoms with Crippen molar-refractivity contribution in [3.05, 3.63) is 26.6 Å². The summed E-state index contributed by atoms with van der Waals surface area (Å²) in [4.78, 5) is 0. The maximum absolute atomic E-state index is 9.63. The zero-order valence-electron chi connectivity index (χ0n) is 7.12. The number of nitrogens with zero attached hydrogens (tertiary/aromatic N) is 1. The minimum atomic E-state index is 0.266. The molecule has 0 aliphatic rings. The number of benzene rings is 1. The Labute approximate surface area is 98.9 Å². The third-order valence-corrected chi connectivity index (χ3v) is 4.20. The van der Waals surface area contributed by atoms with Crippen molar-refractivity contribution in [2.24, 2.45) is 0 Å². The predicted molar refractivity (Wildman–Crippen MR) is 65.5 cm³/mol. The van der Waals surface area contributed by atoms with E-state index in [0.717, 1.165) is 19.2 Å². The van der Waals surface area contributed by atoms with Gasteiger partial charge in [0.1, 0.15) is 5.75 Å². The summed E-state index contributed by atoms with van der Waals surface area (Å²) in [6.45, 7) is 0. The average molecular weight is 315 g/mol. The smallest absolute Gasteiger partial charge is 0.129 e. The van der Waals surface area contributed by atoms with E-state index in [1.54, 1.807) is 17.4 Å². The van der Waals surface area contributed by atoms with Gasteiger partial charge in [0.2, 0.25) is 0 Å². The lowest BCUT2D eigenvalue weighted by Gasteiger charge is -2.04. The molecule has 0 saturated heterocycles. The fraction of sp³-hybridized carbons (Fsp3) is 0.100. The molecular formula is C10H6INOS. The summed E-state index contributed by atoms with van der Waals surface area (Å²) in [6, 6.07) is 5.82. The van der Waals surface area contributed by atoms with Crippen LogP contribution in [0, 0.1) is 14.9 Å². The maximum atomic E-state index is 9.63. The molecule has 0 bridgehead atoms. The Hall–Kier alpha value is -0.800. The van der Waals surface area contributed by atoms with Crippen molar-refractivity contribution in [1.82, 2.24) is 0 Å². The van der Waals surface area contributed by atoms with Crippen LogP contribution in [0.25, 0.3) is 10.1 Å². The van der Waals surface area contributed by atoms with E-state index in [4.69, 9.17) is 5.26 Å². The van der Waals surface area contributed by atoms with E-state index >= 15 is 0 Å². The number of hydrogen-bond acceptors (Lipinski definition) is 3. The first-order valence-corrected chi connectivity index (χ1v) is 5.94. The topological polar surface area (TPSA) is 44.0 Å². The third-order valence-electron chi connectivity index (χ3n) is 2.01. The van der Waals surface area contributed by atoms with Crippen LogP contribution < -0.4 is 0 Å². The zero-order valence-corrected chi connectivity index (χ0v) is 10.1. The van der Waals surface area contributed by atoms with E-state index < -0.39 is 0 Å². The number of halogens is 1. The van der Waals surface area contributed by atoms with Gasteiger partial charge < -0.3 is 5.11 Å². The standard InChI is InChI=1S/C10H6INOS/c11-9-7(1-3-12)10-6(2-4-14-10)5-8(9)13/h2,4-5,13H,1H2. The minimum absolute atomic E-state index is 0.266. The fourth-order valence-electron chi connectivity index (χ4n) is 1.38. The van der Waals surface area contributed by atoms with Crippen LogP contribution in [-0.4, -0.2) is 5.11 Å². The Bertz CT molecular complexity index is 527. The molecule has 0 unspecified atom stereocenters. The lowest BCUT2D eigenvalue weighted by molar-refractivity contribution is 0.472. The Morgan fingerprint density at radius 3 is 3.07 bits per heavy atom. The normalized spacial score (nSPS) is 10.3. The molecule has 1 N–H and O–H groups in total. The molecule has 0 aliphatic carbocycles. The number of phenolic OH excluding ortho intramolecular Hbond substituents is 1. The van der Waals surface area contributed by atoms with Crippen LogP contribution in [0.4, 0.5) is 0 Å². The van der Waals surface area contributed by atoms with Crippen LogP contribution in [0.5, 0.6) is 5.75 Å². The predicted octanol–water partition coefficient (Wildman–Crippen LogP) is 3.28. The Morgan fingerprint density at radius 2 is 2.36 bits per heavy atom. The van der Waals surface area contributed by atoms with Crippen molar-refractivity contribution in [1.29, 1.82) is 5.26 Å². The second-order valence-corrected chi connectivity index (χ2v) is 4.86. The van der Waals surface area contributed by atoms with Gasteiger partial charge in [0, 0.05) is 10.3 Å². The number of aromatic hydroxyl groups is 1. The molecule has 2 rings (SSSR count). The molecule has 4 heteroatoms. The van der Waals surface area contributed by atoms with Crippen molar-refractivity contribution in [2.45, 2.75) is 6.42 Å². The van der Waals surface area contributed by atoms with Gasteiger partial charge in [-0.15, -0.1) is 11.3 Å². The number of nitriles is 1. The Balaban J connectivity index is 2.81. The lowest BCUT2D eigenvalue weighted by Crippen LogP contribution is -1.88. The van der Waals surface area contributed by atoms with E-state index in [9.17, 15) is 5.11 Å². The van der Waals surface area contributed by atoms with E-state index in [2.05, 4.69) is 28.7 Å². The molecule has 2 nitrogen and oxygen atoms in total. The minimum Gasteiger partial charge on any atom is -0.507 e. The highest BCUT2D eigenvalue weighted by Gasteiger charge is 2.11. The lowest BCUT2D eigenvalue weighted by atomic mass is 10.1. The van der Waals surface area contributed by atoms with Crippen LogP contribution in [0.15, 0.2) is 17.5 Å². The van der Waals surface area contributed by atoms with E-state index in [1.165, 1.54) is 0 Å². The molecule has 0 spiro atoms. The molecule has 0 amide bonds. The second kappa shape index (κ2) is 3.75. The monoisotopic (exact) mass is 315 g/mol. The molecule has 0 aliphatic heterocycles. The van der Waals surface area contributed by atoms with Crippen molar-refractivity contribution in [3.8, 4) is 11.8 Å². The molecule has 14 heavy (non-hydrogen) atoms. The molecule has 0 radical (unpaired) electrons. The molecular weight excluding hydrogens is 309 g/mol. The van der Waals surface area contributed by atoms with Gasteiger partial charge in [-0.1, -0.05) is 0 Å². The van der Waals surface area contributed by atoms with Crippen LogP contribution in [0.1, 0.15) is 5.56 Å². The fourth-order valence-corrected chi connectivity index (χ4v) is 3.11.